The first-order chi connectivity index (χ1) is 19.5. The van der Waals surface area contributed by atoms with Crippen LogP contribution in [0.4, 0.5) is 10.6 Å². The molecule has 1 saturated carbocycles. The number of hydrogen-bond acceptors (Lipinski definition) is 8. The molecule has 5 heterocycles. The Kier molecular flexibility index (Phi) is 6.32. The summed E-state index contributed by atoms with van der Waals surface area (Å²) >= 11 is 12.9. The number of ether oxygens (including phenoxy) is 1. The summed E-state index contributed by atoms with van der Waals surface area (Å²) in [4.78, 5) is 23.5. The summed E-state index contributed by atoms with van der Waals surface area (Å²) in [6, 6.07) is 7.30. The van der Waals surface area contributed by atoms with Gasteiger partial charge in [0.25, 0.3) is 0 Å². The molecular formula is C27H27Cl2N7O4. The second-order valence-electron chi connectivity index (χ2n) is 10.6. The van der Waals surface area contributed by atoms with E-state index in [1.807, 2.05) is 22.9 Å². The third-order valence-electron chi connectivity index (χ3n) is 8.62. The molecule has 1 amide bonds. The van der Waals surface area contributed by atoms with Crippen molar-refractivity contribution in [1.82, 2.24) is 30.2 Å². The Balaban J connectivity index is 1.25. The van der Waals surface area contributed by atoms with E-state index in [-0.39, 0.29) is 18.7 Å². The van der Waals surface area contributed by atoms with Gasteiger partial charge in [-0.25, -0.2) is 19.4 Å². The number of fused-ring (bicyclic) bond motifs is 2. The largest absolute Gasteiger partial charge is 0.465 e. The number of carboxylic acid groups (broad SMARTS) is 1. The first kappa shape index (κ1) is 25.6. The van der Waals surface area contributed by atoms with Gasteiger partial charge in [-0.3, -0.25) is 0 Å². The van der Waals surface area contributed by atoms with Gasteiger partial charge in [-0.2, -0.15) is 5.10 Å². The minimum atomic E-state index is -1.05. The molecular weight excluding hydrogens is 557 g/mol. The molecule has 0 bridgehead atoms. The van der Waals surface area contributed by atoms with Crippen LogP contribution in [0, 0.1) is 11.8 Å². The zero-order chi connectivity index (χ0) is 27.4. The molecule has 11 nitrogen and oxygen atoms in total. The maximum atomic E-state index is 11.3. The smallest absolute Gasteiger partial charge is 0.404 e. The van der Waals surface area contributed by atoms with Crippen molar-refractivity contribution in [3.63, 3.8) is 0 Å². The van der Waals surface area contributed by atoms with Gasteiger partial charge in [0.15, 0.2) is 11.9 Å². The van der Waals surface area contributed by atoms with Crippen LogP contribution in [0.5, 0.6) is 0 Å². The Morgan fingerprint density at radius 1 is 1.20 bits per heavy atom. The lowest BCUT2D eigenvalue weighted by molar-refractivity contribution is -0.0368. The van der Waals surface area contributed by atoms with Gasteiger partial charge in [0.05, 0.1) is 21.9 Å². The van der Waals surface area contributed by atoms with E-state index in [1.165, 1.54) is 6.26 Å². The van der Waals surface area contributed by atoms with Crippen molar-refractivity contribution >= 4 is 46.3 Å². The molecule has 40 heavy (non-hydrogen) atoms. The number of rotatable bonds is 6. The summed E-state index contributed by atoms with van der Waals surface area (Å²) in [5.41, 5.74) is 2.95. The van der Waals surface area contributed by atoms with E-state index in [2.05, 4.69) is 15.4 Å². The molecule has 0 spiro atoms. The summed E-state index contributed by atoms with van der Waals surface area (Å²) in [5.74, 6) is 1.23. The molecule has 3 fully saturated rings. The Morgan fingerprint density at radius 2 is 2.10 bits per heavy atom. The molecule has 7 rings (SSSR count). The first-order valence-corrected chi connectivity index (χ1v) is 14.2. The number of benzene rings is 1. The monoisotopic (exact) mass is 583 g/mol. The number of hydrogen-bond donors (Lipinski definition) is 2. The molecule has 3 aliphatic rings. The third-order valence-corrected chi connectivity index (χ3v) is 9.44. The molecule has 4 aromatic rings. The fraction of sp³-hybridized carbons (Fsp3) is 0.444. The van der Waals surface area contributed by atoms with Crippen LogP contribution in [0.15, 0.2) is 41.2 Å². The van der Waals surface area contributed by atoms with E-state index in [0.717, 1.165) is 43.7 Å². The van der Waals surface area contributed by atoms with E-state index < -0.39 is 11.5 Å². The Morgan fingerprint density at radius 3 is 2.88 bits per heavy atom. The number of nitrogens with one attached hydrogen (secondary N) is 1. The van der Waals surface area contributed by atoms with Gasteiger partial charge in [0.1, 0.15) is 23.3 Å². The van der Waals surface area contributed by atoms with Crippen LogP contribution in [0.3, 0.4) is 0 Å². The lowest BCUT2D eigenvalue weighted by atomic mass is 9.97. The van der Waals surface area contributed by atoms with Gasteiger partial charge in [0, 0.05) is 43.3 Å². The Labute approximate surface area is 239 Å². The summed E-state index contributed by atoms with van der Waals surface area (Å²) in [6.07, 6.45) is 5.77. The number of carbonyl (C=O) groups is 1. The quantitative estimate of drug-likeness (QED) is 0.316. The number of anilines is 1. The van der Waals surface area contributed by atoms with Gasteiger partial charge >= 0.3 is 6.09 Å². The van der Waals surface area contributed by atoms with E-state index in [4.69, 9.17) is 47.5 Å². The van der Waals surface area contributed by atoms with Crippen molar-refractivity contribution in [2.45, 2.75) is 37.3 Å². The predicted molar refractivity (Wildman–Crippen MR) is 148 cm³/mol. The second kappa shape index (κ2) is 9.90. The highest BCUT2D eigenvalue weighted by Gasteiger charge is 2.68. The lowest BCUT2D eigenvalue weighted by Crippen LogP contribution is -2.35. The molecule has 208 valence electrons. The lowest BCUT2D eigenvalue weighted by Gasteiger charge is -2.27. The van der Waals surface area contributed by atoms with Crippen molar-refractivity contribution in [2.75, 3.05) is 31.1 Å². The molecule has 0 radical (unpaired) electrons. The Bertz CT molecular complexity index is 1570. The predicted octanol–water partition coefficient (Wildman–Crippen LogP) is 5.15. The number of aromatic nitrogens is 5. The summed E-state index contributed by atoms with van der Waals surface area (Å²) in [5, 5.41) is 21.9. The topological polar surface area (TPSA) is 131 Å². The number of nitrogens with zero attached hydrogens (tertiary/aromatic N) is 6. The summed E-state index contributed by atoms with van der Waals surface area (Å²) in [7, 11) is 0. The number of amides is 1. The van der Waals surface area contributed by atoms with E-state index in [0.29, 0.717) is 51.5 Å². The van der Waals surface area contributed by atoms with Crippen molar-refractivity contribution in [3.8, 4) is 11.3 Å². The van der Waals surface area contributed by atoms with Crippen molar-refractivity contribution in [1.29, 1.82) is 0 Å². The van der Waals surface area contributed by atoms with Crippen LogP contribution in [-0.2, 0) is 10.2 Å². The highest BCUT2D eigenvalue weighted by molar-refractivity contribution is 6.43. The molecule has 13 heteroatoms. The van der Waals surface area contributed by atoms with Gasteiger partial charge < -0.3 is 24.6 Å². The standard InChI is InChI=1S/C27H27Cl2N7O4/c28-18-5-3-4-15(22(18)29)23-24-25(36(33-23)21-6-1-2-10-39-21)32-20(12-30-24)35-9-7-16-17(13-35)27(16,14-31-26(37)38)19-8-11-40-34-19/h3-5,8,11-12,16-17,21,31H,1-2,6-7,9-10,13-14H2,(H,37,38). The molecule has 2 aliphatic heterocycles. The van der Waals surface area contributed by atoms with Crippen LogP contribution >= 0.6 is 23.2 Å². The van der Waals surface area contributed by atoms with Crippen LogP contribution in [0.2, 0.25) is 10.0 Å². The molecule has 4 unspecified atom stereocenters. The third kappa shape index (κ3) is 4.10. The maximum absolute atomic E-state index is 11.3. The summed E-state index contributed by atoms with van der Waals surface area (Å²) in [6.45, 7) is 2.41. The second-order valence-corrected chi connectivity index (χ2v) is 11.4. The molecule has 1 aromatic carbocycles. The average Bonchev–Trinajstić information content (AvgIpc) is 3.29. The Hall–Kier alpha value is -3.41. The van der Waals surface area contributed by atoms with Crippen LogP contribution in [0.25, 0.3) is 22.4 Å². The number of halogens is 2. The normalized spacial score (nSPS) is 26.1. The van der Waals surface area contributed by atoms with E-state index >= 15 is 0 Å². The minimum Gasteiger partial charge on any atom is -0.465 e. The molecule has 1 aliphatic carbocycles. The van der Waals surface area contributed by atoms with Crippen LogP contribution in [-0.4, -0.2) is 62.3 Å². The van der Waals surface area contributed by atoms with Gasteiger partial charge in [0.2, 0.25) is 0 Å². The van der Waals surface area contributed by atoms with Crippen molar-refractivity contribution in [2.24, 2.45) is 11.8 Å². The fourth-order valence-electron chi connectivity index (χ4n) is 6.63. The molecule has 4 atom stereocenters. The molecule has 2 saturated heterocycles. The van der Waals surface area contributed by atoms with Crippen molar-refractivity contribution < 1.29 is 19.2 Å². The highest BCUT2D eigenvalue weighted by atomic mass is 35.5. The van der Waals surface area contributed by atoms with Gasteiger partial charge in [-0.15, -0.1) is 0 Å². The minimum absolute atomic E-state index is 0.197. The SMILES string of the molecule is O=C(O)NCC1(c2ccon2)C2CCN(c3cnc4c(-c5cccc(Cl)c5Cl)nn(C5CCCCO5)c4n3)CC21. The first-order valence-electron chi connectivity index (χ1n) is 13.4. The maximum Gasteiger partial charge on any atom is 0.404 e. The van der Waals surface area contributed by atoms with Crippen molar-refractivity contribution in [3.05, 3.63) is 52.5 Å². The highest BCUT2D eigenvalue weighted by Crippen LogP contribution is 2.63. The van der Waals surface area contributed by atoms with Crippen LogP contribution < -0.4 is 10.2 Å². The molecule has 2 N–H and O–H groups in total. The summed E-state index contributed by atoms with van der Waals surface area (Å²) < 4.78 is 13.1. The average molecular weight is 584 g/mol. The molecule has 3 aromatic heterocycles. The zero-order valence-electron chi connectivity index (χ0n) is 21.5. The van der Waals surface area contributed by atoms with Gasteiger partial charge in [-0.05, 0) is 43.6 Å². The van der Waals surface area contributed by atoms with E-state index in [1.54, 1.807) is 12.3 Å². The fourth-order valence-corrected chi connectivity index (χ4v) is 7.02. The zero-order valence-corrected chi connectivity index (χ0v) is 23.0. The number of piperidine rings is 1. The van der Waals surface area contributed by atoms with Gasteiger partial charge in [-0.1, -0.05) is 40.5 Å². The van der Waals surface area contributed by atoms with Crippen LogP contribution in [0.1, 0.15) is 37.6 Å². The van der Waals surface area contributed by atoms with E-state index in [9.17, 15) is 9.90 Å².